The molecule has 1 aromatic rings. The topological polar surface area (TPSA) is 113 Å². The minimum absolute atomic E-state index is 0.0845. The molecular weight excluding hydrogens is 260 g/mol. The molecule has 0 unspecified atom stereocenters. The van der Waals surface area contributed by atoms with Crippen LogP contribution in [0.4, 0.5) is 5.82 Å². The van der Waals surface area contributed by atoms with Crippen LogP contribution in [0.2, 0.25) is 0 Å². The van der Waals surface area contributed by atoms with Crippen molar-refractivity contribution in [2.75, 3.05) is 12.3 Å². The van der Waals surface area contributed by atoms with Crippen molar-refractivity contribution in [2.45, 2.75) is 46.1 Å². The van der Waals surface area contributed by atoms with E-state index >= 15 is 0 Å². The number of ether oxygens (including phenoxy) is 1. The number of carbonyl (C=O) groups excluding carboxylic acids is 2. The quantitative estimate of drug-likeness (QED) is 0.750. The average Bonchev–Trinajstić information content (AvgIpc) is 2.65. The lowest BCUT2D eigenvalue weighted by molar-refractivity contribution is -0.119. The predicted molar refractivity (Wildman–Crippen MR) is 75.1 cm³/mol. The zero-order valence-corrected chi connectivity index (χ0v) is 12.4. The molecule has 0 bridgehead atoms. The molecule has 0 aromatic carbocycles. The molecule has 0 atom stereocenters. The Labute approximate surface area is 118 Å². The minimum atomic E-state index is -0.654. The van der Waals surface area contributed by atoms with Crippen molar-refractivity contribution in [2.24, 2.45) is 5.73 Å². The predicted octanol–water partition coefficient (Wildman–Crippen LogP) is 0.815. The van der Waals surface area contributed by atoms with E-state index in [1.165, 1.54) is 0 Å². The lowest BCUT2D eigenvalue weighted by Crippen LogP contribution is -2.34. The van der Waals surface area contributed by atoms with Crippen LogP contribution in [0.3, 0.4) is 0 Å². The van der Waals surface area contributed by atoms with Crippen LogP contribution in [0.15, 0.2) is 0 Å². The summed E-state index contributed by atoms with van der Waals surface area (Å²) in [5, 5.41) is 0. The summed E-state index contributed by atoms with van der Waals surface area (Å²) in [6.07, 6.45) is 0.675. The van der Waals surface area contributed by atoms with Crippen LogP contribution < -0.4 is 11.5 Å². The number of aromatic nitrogens is 2. The highest BCUT2D eigenvalue weighted by atomic mass is 16.5. The number of nitrogens with zero attached hydrogens (tertiary/aromatic N) is 2. The number of nitrogen functional groups attached to an aromatic ring is 1. The van der Waals surface area contributed by atoms with Gasteiger partial charge in [-0.3, -0.25) is 4.79 Å². The summed E-state index contributed by atoms with van der Waals surface area (Å²) in [7, 11) is 0. The maximum absolute atomic E-state index is 11.8. The van der Waals surface area contributed by atoms with Crippen molar-refractivity contribution < 1.29 is 14.3 Å². The van der Waals surface area contributed by atoms with Gasteiger partial charge in [0, 0.05) is 12.8 Å². The molecule has 20 heavy (non-hydrogen) atoms. The van der Waals surface area contributed by atoms with Gasteiger partial charge in [-0.05, 0) is 20.8 Å². The number of hydrogen-bond acceptors (Lipinski definition) is 5. The van der Waals surface area contributed by atoms with E-state index in [-0.39, 0.29) is 24.5 Å². The molecule has 112 valence electrons. The fraction of sp³-hybridized carbons (Fsp3) is 0.615. The Kier molecular flexibility index (Phi) is 4.75. The summed E-state index contributed by atoms with van der Waals surface area (Å²) < 4.78 is 6.61. The minimum Gasteiger partial charge on any atom is -0.461 e. The van der Waals surface area contributed by atoms with Crippen LogP contribution in [0.5, 0.6) is 0 Å². The molecule has 0 spiro atoms. The third kappa shape index (κ3) is 3.09. The highest BCUT2D eigenvalue weighted by molar-refractivity contribution is 5.92. The number of nitrogens with two attached hydrogens (primary N) is 2. The average molecular weight is 282 g/mol. The number of esters is 1. The first kappa shape index (κ1) is 16.0. The molecule has 1 aromatic heterocycles. The van der Waals surface area contributed by atoms with Crippen molar-refractivity contribution in [3.8, 4) is 0 Å². The smallest absolute Gasteiger partial charge is 0.360 e. The Morgan fingerprint density at radius 1 is 1.35 bits per heavy atom. The molecule has 1 heterocycles. The molecule has 0 saturated carbocycles. The first-order chi connectivity index (χ1) is 9.24. The van der Waals surface area contributed by atoms with Crippen molar-refractivity contribution >= 4 is 17.7 Å². The van der Waals surface area contributed by atoms with Gasteiger partial charge in [-0.2, -0.15) is 0 Å². The zero-order chi connectivity index (χ0) is 15.5. The van der Waals surface area contributed by atoms with Gasteiger partial charge in [-0.25, -0.2) is 9.78 Å². The van der Waals surface area contributed by atoms with E-state index in [1.807, 2.05) is 20.8 Å². The van der Waals surface area contributed by atoms with Crippen LogP contribution >= 0.6 is 0 Å². The van der Waals surface area contributed by atoms with E-state index in [0.29, 0.717) is 12.2 Å². The van der Waals surface area contributed by atoms with Gasteiger partial charge in [0.25, 0.3) is 0 Å². The number of primary amides is 1. The van der Waals surface area contributed by atoms with Gasteiger partial charge in [0.2, 0.25) is 5.91 Å². The largest absolute Gasteiger partial charge is 0.461 e. The van der Waals surface area contributed by atoms with Gasteiger partial charge >= 0.3 is 5.97 Å². The zero-order valence-electron chi connectivity index (χ0n) is 12.4. The van der Waals surface area contributed by atoms with Crippen LogP contribution in [0, 0.1) is 0 Å². The molecule has 0 aliphatic rings. The summed E-state index contributed by atoms with van der Waals surface area (Å²) >= 11 is 0. The van der Waals surface area contributed by atoms with Gasteiger partial charge in [0.15, 0.2) is 5.69 Å². The lowest BCUT2D eigenvalue weighted by Gasteiger charge is -2.28. The molecule has 0 radical (unpaired) electrons. The summed E-state index contributed by atoms with van der Waals surface area (Å²) in [6, 6.07) is 0. The van der Waals surface area contributed by atoms with Crippen molar-refractivity contribution in [1.29, 1.82) is 0 Å². The van der Waals surface area contributed by atoms with E-state index < -0.39 is 17.4 Å². The molecule has 1 amide bonds. The number of imidazole rings is 1. The molecule has 4 N–H and O–H groups in total. The standard InChI is InChI=1S/C13H22N4O3/c1-5-9-16-10(12(19)20-6-2)11(15)17(9)13(3,4)7-8(14)18/h5-7,15H2,1-4H3,(H2,14,18). The lowest BCUT2D eigenvalue weighted by atomic mass is 9.99. The third-order valence-corrected chi connectivity index (χ3v) is 2.98. The number of hydrogen-bond donors (Lipinski definition) is 2. The second-order valence-electron chi connectivity index (χ2n) is 5.13. The Morgan fingerprint density at radius 3 is 2.40 bits per heavy atom. The van der Waals surface area contributed by atoms with E-state index in [4.69, 9.17) is 16.2 Å². The van der Waals surface area contributed by atoms with Crippen LogP contribution in [0.1, 0.15) is 50.4 Å². The second-order valence-corrected chi connectivity index (χ2v) is 5.13. The molecule has 7 heteroatoms. The Hall–Kier alpha value is -2.05. The molecule has 7 nitrogen and oxygen atoms in total. The van der Waals surface area contributed by atoms with Crippen molar-refractivity contribution in [3.05, 3.63) is 11.5 Å². The summed E-state index contributed by atoms with van der Waals surface area (Å²) in [4.78, 5) is 27.3. The normalized spacial score (nSPS) is 11.4. The van der Waals surface area contributed by atoms with Gasteiger partial charge < -0.3 is 20.8 Å². The van der Waals surface area contributed by atoms with E-state index in [2.05, 4.69) is 4.98 Å². The Bertz CT molecular complexity index is 520. The summed E-state index contributed by atoms with van der Waals surface area (Å²) in [5.74, 6) is -0.181. The van der Waals surface area contributed by atoms with Gasteiger partial charge in [-0.15, -0.1) is 0 Å². The van der Waals surface area contributed by atoms with Crippen LogP contribution in [0.25, 0.3) is 0 Å². The molecule has 0 aliphatic heterocycles. The number of rotatable bonds is 6. The Balaban J connectivity index is 3.32. The molecule has 0 aliphatic carbocycles. The molecule has 1 rings (SSSR count). The summed E-state index contributed by atoms with van der Waals surface area (Å²) in [5.41, 5.74) is 10.7. The number of aryl methyl sites for hydroxylation is 1. The third-order valence-electron chi connectivity index (χ3n) is 2.98. The molecular formula is C13H22N4O3. The van der Waals surface area contributed by atoms with Gasteiger partial charge in [0.05, 0.1) is 12.1 Å². The van der Waals surface area contributed by atoms with E-state index in [1.54, 1.807) is 11.5 Å². The fourth-order valence-corrected chi connectivity index (χ4v) is 2.25. The monoisotopic (exact) mass is 282 g/mol. The maximum Gasteiger partial charge on any atom is 0.360 e. The maximum atomic E-state index is 11.8. The SMILES string of the molecule is CCOC(=O)c1nc(CC)n(C(C)(C)CC(N)=O)c1N. The molecule has 0 saturated heterocycles. The first-order valence-electron chi connectivity index (χ1n) is 6.57. The van der Waals surface area contributed by atoms with Gasteiger partial charge in [-0.1, -0.05) is 6.92 Å². The van der Waals surface area contributed by atoms with E-state index in [0.717, 1.165) is 0 Å². The first-order valence-corrected chi connectivity index (χ1v) is 6.57. The number of amides is 1. The van der Waals surface area contributed by atoms with Crippen LogP contribution in [-0.4, -0.2) is 28.0 Å². The fourth-order valence-electron chi connectivity index (χ4n) is 2.25. The highest BCUT2D eigenvalue weighted by Crippen LogP contribution is 2.28. The van der Waals surface area contributed by atoms with Crippen LogP contribution in [-0.2, 0) is 21.5 Å². The highest BCUT2D eigenvalue weighted by Gasteiger charge is 2.31. The summed E-state index contributed by atoms with van der Waals surface area (Å²) in [6.45, 7) is 7.50. The van der Waals surface area contributed by atoms with E-state index in [9.17, 15) is 9.59 Å². The van der Waals surface area contributed by atoms with Crippen molar-refractivity contribution in [3.63, 3.8) is 0 Å². The van der Waals surface area contributed by atoms with Gasteiger partial charge in [0.1, 0.15) is 11.6 Å². The number of anilines is 1. The number of carbonyl (C=O) groups is 2. The Morgan fingerprint density at radius 2 is 1.95 bits per heavy atom. The van der Waals surface area contributed by atoms with Crippen molar-refractivity contribution in [1.82, 2.24) is 9.55 Å². The molecule has 0 fully saturated rings. The second kappa shape index (κ2) is 5.94.